The molecule has 0 aliphatic carbocycles. The number of hydrogen-bond donors (Lipinski definition) is 1. The van der Waals surface area contributed by atoms with Crippen LogP contribution >= 0.6 is 0 Å². The standard InChI is InChI=1S/C18H19NO5/c1-19(18(22)24-12-13-7-4-3-5-8-13)16(17(20)21)14-9-6-10-15(11-14)23-2/h3-11,16H,12H2,1-2H3,(H,20,21). The number of carboxylic acids is 1. The summed E-state index contributed by atoms with van der Waals surface area (Å²) in [4.78, 5) is 24.9. The van der Waals surface area contributed by atoms with Crippen LogP contribution in [-0.4, -0.2) is 36.2 Å². The zero-order chi connectivity index (χ0) is 17.5. The third kappa shape index (κ3) is 4.25. The Hall–Kier alpha value is -3.02. The highest BCUT2D eigenvalue weighted by molar-refractivity contribution is 5.81. The molecule has 0 radical (unpaired) electrons. The Labute approximate surface area is 140 Å². The number of likely N-dealkylation sites (N-methyl/N-ethyl adjacent to an activating group) is 1. The summed E-state index contributed by atoms with van der Waals surface area (Å²) < 4.78 is 10.3. The lowest BCUT2D eigenvalue weighted by atomic mass is 10.1. The lowest BCUT2D eigenvalue weighted by Gasteiger charge is -2.24. The van der Waals surface area contributed by atoms with Crippen LogP contribution in [0.25, 0.3) is 0 Å². The van der Waals surface area contributed by atoms with Crippen molar-refractivity contribution in [1.29, 1.82) is 0 Å². The first-order chi connectivity index (χ1) is 11.5. The molecule has 6 nitrogen and oxygen atoms in total. The molecule has 0 heterocycles. The van der Waals surface area contributed by atoms with Gasteiger partial charge in [0, 0.05) is 7.05 Å². The minimum Gasteiger partial charge on any atom is -0.497 e. The van der Waals surface area contributed by atoms with Gasteiger partial charge in [0.05, 0.1) is 7.11 Å². The van der Waals surface area contributed by atoms with Crippen LogP contribution in [0.15, 0.2) is 54.6 Å². The topological polar surface area (TPSA) is 76.1 Å². The number of carbonyl (C=O) groups is 2. The van der Waals surface area contributed by atoms with Gasteiger partial charge in [0.2, 0.25) is 0 Å². The van der Waals surface area contributed by atoms with Gasteiger partial charge >= 0.3 is 12.1 Å². The van der Waals surface area contributed by atoms with Crippen molar-refractivity contribution in [2.24, 2.45) is 0 Å². The molecule has 0 bridgehead atoms. The highest BCUT2D eigenvalue weighted by Gasteiger charge is 2.29. The second-order valence-corrected chi connectivity index (χ2v) is 5.17. The summed E-state index contributed by atoms with van der Waals surface area (Å²) in [5, 5.41) is 9.50. The van der Waals surface area contributed by atoms with Crippen LogP contribution in [0.4, 0.5) is 4.79 Å². The Kier molecular flexibility index (Phi) is 5.78. The van der Waals surface area contributed by atoms with Gasteiger partial charge in [0.15, 0.2) is 6.04 Å². The summed E-state index contributed by atoms with van der Waals surface area (Å²) >= 11 is 0. The summed E-state index contributed by atoms with van der Waals surface area (Å²) in [6, 6.07) is 14.6. The van der Waals surface area contributed by atoms with E-state index in [4.69, 9.17) is 9.47 Å². The first-order valence-electron chi connectivity index (χ1n) is 7.33. The minimum atomic E-state index is -1.16. The summed E-state index contributed by atoms with van der Waals surface area (Å²) in [5.41, 5.74) is 1.26. The fourth-order valence-electron chi connectivity index (χ4n) is 2.27. The van der Waals surface area contributed by atoms with Gasteiger partial charge in [0.25, 0.3) is 0 Å². The number of hydrogen-bond acceptors (Lipinski definition) is 4. The highest BCUT2D eigenvalue weighted by atomic mass is 16.6. The summed E-state index contributed by atoms with van der Waals surface area (Å²) in [6.07, 6.45) is -0.714. The molecule has 0 fully saturated rings. The van der Waals surface area contributed by atoms with Gasteiger partial charge in [-0.15, -0.1) is 0 Å². The lowest BCUT2D eigenvalue weighted by molar-refractivity contribution is -0.142. The normalized spacial score (nSPS) is 11.4. The van der Waals surface area contributed by atoms with E-state index in [-0.39, 0.29) is 6.61 Å². The molecule has 126 valence electrons. The van der Waals surface area contributed by atoms with Gasteiger partial charge in [-0.05, 0) is 23.3 Å². The number of nitrogens with zero attached hydrogens (tertiary/aromatic N) is 1. The van der Waals surface area contributed by atoms with E-state index in [0.717, 1.165) is 10.5 Å². The van der Waals surface area contributed by atoms with E-state index in [2.05, 4.69) is 0 Å². The van der Waals surface area contributed by atoms with Crippen LogP contribution in [0, 0.1) is 0 Å². The van der Waals surface area contributed by atoms with Gasteiger partial charge in [0.1, 0.15) is 12.4 Å². The lowest BCUT2D eigenvalue weighted by Crippen LogP contribution is -2.36. The first-order valence-corrected chi connectivity index (χ1v) is 7.33. The molecule has 0 saturated carbocycles. The van der Waals surface area contributed by atoms with Crippen molar-refractivity contribution in [3.8, 4) is 5.75 Å². The van der Waals surface area contributed by atoms with Crippen LogP contribution < -0.4 is 4.74 Å². The molecule has 0 aliphatic rings. The number of ether oxygens (including phenoxy) is 2. The molecule has 2 rings (SSSR count). The van der Waals surface area contributed by atoms with E-state index in [0.29, 0.717) is 11.3 Å². The van der Waals surface area contributed by atoms with Gasteiger partial charge < -0.3 is 14.6 Å². The van der Waals surface area contributed by atoms with Crippen molar-refractivity contribution in [2.45, 2.75) is 12.6 Å². The predicted octanol–water partition coefficient (Wildman–Crippen LogP) is 3.09. The molecule has 1 amide bonds. The van der Waals surface area contributed by atoms with Crippen molar-refractivity contribution >= 4 is 12.1 Å². The average molecular weight is 329 g/mol. The van der Waals surface area contributed by atoms with Gasteiger partial charge in [-0.3, -0.25) is 4.90 Å². The first kappa shape index (κ1) is 17.3. The molecular weight excluding hydrogens is 310 g/mol. The maximum atomic E-state index is 12.2. The fraction of sp³-hybridized carbons (Fsp3) is 0.222. The third-order valence-electron chi connectivity index (χ3n) is 3.52. The Morgan fingerprint density at radius 2 is 1.83 bits per heavy atom. The van der Waals surface area contributed by atoms with Gasteiger partial charge in [-0.25, -0.2) is 9.59 Å². The molecular formula is C18H19NO5. The number of aliphatic carboxylic acids is 1. The maximum absolute atomic E-state index is 12.2. The molecule has 1 unspecified atom stereocenters. The SMILES string of the molecule is COc1cccc(C(C(=O)O)N(C)C(=O)OCc2ccccc2)c1. The summed E-state index contributed by atoms with van der Waals surface area (Å²) in [7, 11) is 2.89. The van der Waals surface area contributed by atoms with Crippen LogP contribution in [-0.2, 0) is 16.1 Å². The quantitative estimate of drug-likeness (QED) is 0.881. The van der Waals surface area contributed by atoms with Crippen molar-refractivity contribution in [3.63, 3.8) is 0 Å². The van der Waals surface area contributed by atoms with E-state index < -0.39 is 18.1 Å². The summed E-state index contributed by atoms with van der Waals surface area (Å²) in [5.74, 6) is -0.632. The molecule has 0 spiro atoms. The van der Waals surface area contributed by atoms with Crippen LogP contribution in [0.2, 0.25) is 0 Å². The third-order valence-corrected chi connectivity index (χ3v) is 3.52. The van der Waals surface area contributed by atoms with Gasteiger partial charge in [-0.2, -0.15) is 0 Å². The van der Waals surface area contributed by atoms with E-state index in [1.807, 2.05) is 30.3 Å². The van der Waals surface area contributed by atoms with Crippen LogP contribution in [0.1, 0.15) is 17.2 Å². The largest absolute Gasteiger partial charge is 0.497 e. The zero-order valence-corrected chi connectivity index (χ0v) is 13.5. The number of amides is 1. The Morgan fingerprint density at radius 1 is 1.12 bits per heavy atom. The Morgan fingerprint density at radius 3 is 2.46 bits per heavy atom. The van der Waals surface area contributed by atoms with E-state index >= 15 is 0 Å². The number of benzene rings is 2. The Bertz CT molecular complexity index is 702. The van der Waals surface area contributed by atoms with Crippen LogP contribution in [0.3, 0.4) is 0 Å². The average Bonchev–Trinajstić information content (AvgIpc) is 2.60. The summed E-state index contributed by atoms with van der Waals surface area (Å²) in [6.45, 7) is 0.0778. The van der Waals surface area contributed by atoms with Crippen molar-refractivity contribution in [1.82, 2.24) is 4.90 Å². The number of carbonyl (C=O) groups excluding carboxylic acids is 1. The van der Waals surface area contributed by atoms with Crippen LogP contribution in [0.5, 0.6) is 5.75 Å². The highest BCUT2D eigenvalue weighted by Crippen LogP contribution is 2.24. The van der Waals surface area contributed by atoms with Gasteiger partial charge in [-0.1, -0.05) is 42.5 Å². The number of methoxy groups -OCH3 is 1. The molecule has 2 aromatic carbocycles. The predicted molar refractivity (Wildman–Crippen MR) is 87.8 cm³/mol. The second kappa shape index (κ2) is 8.01. The second-order valence-electron chi connectivity index (χ2n) is 5.17. The molecule has 2 aromatic rings. The van der Waals surface area contributed by atoms with Crippen molar-refractivity contribution in [2.75, 3.05) is 14.2 Å². The molecule has 0 aliphatic heterocycles. The van der Waals surface area contributed by atoms with E-state index in [1.54, 1.807) is 24.3 Å². The van der Waals surface area contributed by atoms with Crippen molar-refractivity contribution < 1.29 is 24.2 Å². The molecule has 24 heavy (non-hydrogen) atoms. The van der Waals surface area contributed by atoms with Crippen molar-refractivity contribution in [3.05, 3.63) is 65.7 Å². The molecule has 0 saturated heterocycles. The number of carboxylic acid groups (broad SMARTS) is 1. The molecule has 1 N–H and O–H groups in total. The van der Waals surface area contributed by atoms with E-state index in [1.165, 1.54) is 14.2 Å². The smallest absolute Gasteiger partial charge is 0.410 e. The minimum absolute atomic E-state index is 0.0778. The maximum Gasteiger partial charge on any atom is 0.410 e. The Balaban J connectivity index is 2.11. The molecule has 0 aromatic heterocycles. The monoisotopic (exact) mass is 329 g/mol. The zero-order valence-electron chi connectivity index (χ0n) is 13.5. The number of rotatable bonds is 6. The fourth-order valence-corrected chi connectivity index (χ4v) is 2.27. The molecule has 1 atom stereocenters. The van der Waals surface area contributed by atoms with E-state index in [9.17, 15) is 14.7 Å². The molecule has 6 heteroatoms.